The maximum Gasteiger partial charge on any atom is 0.416 e. The van der Waals surface area contributed by atoms with E-state index in [1.54, 1.807) is 0 Å². The number of benzene rings is 1. The fourth-order valence-corrected chi connectivity index (χ4v) is 2.88. The van der Waals surface area contributed by atoms with E-state index in [0.717, 1.165) is 12.1 Å². The van der Waals surface area contributed by atoms with Crippen LogP contribution in [0.1, 0.15) is 18.4 Å². The van der Waals surface area contributed by atoms with Gasteiger partial charge in [-0.05, 0) is 50.0 Å². The molecule has 0 bridgehead atoms. The van der Waals surface area contributed by atoms with Crippen molar-refractivity contribution in [2.24, 2.45) is 5.92 Å². The summed E-state index contributed by atoms with van der Waals surface area (Å²) < 4.78 is 75.0. The Balaban J connectivity index is 1.77. The lowest BCUT2D eigenvalue weighted by Gasteiger charge is -2.32. The largest absolute Gasteiger partial charge is 0.416 e. The highest BCUT2D eigenvalue weighted by molar-refractivity contribution is 6.39. The molecule has 2 rings (SSSR count). The summed E-state index contributed by atoms with van der Waals surface area (Å²) in [5.41, 5.74) is -1.13. The number of hydrogen-bond donors (Lipinski definition) is 2. The lowest BCUT2D eigenvalue weighted by atomic mass is 9.97. The first-order valence-corrected chi connectivity index (χ1v) is 8.49. The van der Waals surface area contributed by atoms with E-state index in [9.17, 15) is 35.9 Å². The molecular formula is C17H19F6N3O2. The number of likely N-dealkylation sites (tertiary alicyclic amines) is 1. The van der Waals surface area contributed by atoms with Crippen molar-refractivity contribution in [1.29, 1.82) is 0 Å². The third-order valence-electron chi connectivity index (χ3n) is 4.32. The number of piperidine rings is 1. The molecule has 2 N–H and O–H groups in total. The van der Waals surface area contributed by atoms with Crippen LogP contribution >= 0.6 is 0 Å². The van der Waals surface area contributed by atoms with Crippen molar-refractivity contribution in [3.05, 3.63) is 29.8 Å². The Kier molecular flexibility index (Phi) is 6.91. The van der Waals surface area contributed by atoms with Gasteiger partial charge in [-0.3, -0.25) is 14.5 Å². The summed E-state index contributed by atoms with van der Waals surface area (Å²) in [7, 11) is 0. The summed E-state index contributed by atoms with van der Waals surface area (Å²) >= 11 is 0. The number of halogens is 6. The number of rotatable bonds is 4. The van der Waals surface area contributed by atoms with Gasteiger partial charge in [0.25, 0.3) is 0 Å². The summed E-state index contributed by atoms with van der Waals surface area (Å²) in [5, 5.41) is 4.46. The zero-order valence-electron chi connectivity index (χ0n) is 14.7. The lowest BCUT2D eigenvalue weighted by molar-refractivity contribution is -0.148. The van der Waals surface area contributed by atoms with E-state index in [-0.39, 0.29) is 31.2 Å². The van der Waals surface area contributed by atoms with E-state index >= 15 is 0 Å². The Labute approximate surface area is 157 Å². The zero-order valence-corrected chi connectivity index (χ0v) is 14.7. The van der Waals surface area contributed by atoms with Gasteiger partial charge in [-0.1, -0.05) is 6.07 Å². The first-order chi connectivity index (χ1) is 12.9. The first-order valence-electron chi connectivity index (χ1n) is 8.49. The predicted molar refractivity (Wildman–Crippen MR) is 88.3 cm³/mol. The number of alkyl halides is 6. The molecule has 2 amide bonds. The molecule has 1 aliphatic heterocycles. The average Bonchev–Trinajstić information content (AvgIpc) is 2.59. The van der Waals surface area contributed by atoms with Crippen molar-refractivity contribution in [2.75, 3.05) is 31.5 Å². The Morgan fingerprint density at radius 2 is 1.68 bits per heavy atom. The van der Waals surface area contributed by atoms with E-state index in [0.29, 0.717) is 18.9 Å². The van der Waals surface area contributed by atoms with Gasteiger partial charge < -0.3 is 10.6 Å². The highest BCUT2D eigenvalue weighted by Gasteiger charge is 2.33. The van der Waals surface area contributed by atoms with Crippen molar-refractivity contribution in [3.8, 4) is 0 Å². The third kappa shape index (κ3) is 7.02. The van der Waals surface area contributed by atoms with Crippen LogP contribution in [0.15, 0.2) is 24.3 Å². The topological polar surface area (TPSA) is 61.4 Å². The molecule has 0 aromatic heterocycles. The van der Waals surface area contributed by atoms with E-state index in [2.05, 4.69) is 10.6 Å². The van der Waals surface area contributed by atoms with Gasteiger partial charge >= 0.3 is 24.2 Å². The molecule has 11 heteroatoms. The summed E-state index contributed by atoms with van der Waals surface area (Å²) in [6, 6.07) is 3.87. The second-order valence-electron chi connectivity index (χ2n) is 6.58. The van der Waals surface area contributed by atoms with Crippen LogP contribution in [-0.2, 0) is 15.8 Å². The number of hydrogen-bond acceptors (Lipinski definition) is 3. The van der Waals surface area contributed by atoms with Gasteiger partial charge in [0.15, 0.2) is 0 Å². The molecule has 1 aromatic rings. The third-order valence-corrected chi connectivity index (χ3v) is 4.32. The van der Waals surface area contributed by atoms with Crippen LogP contribution in [0.4, 0.5) is 32.0 Å². The minimum atomic E-state index is -4.58. The van der Waals surface area contributed by atoms with Crippen LogP contribution in [-0.4, -0.2) is 49.1 Å². The second-order valence-corrected chi connectivity index (χ2v) is 6.58. The normalized spacial score (nSPS) is 16.6. The van der Waals surface area contributed by atoms with Crippen LogP contribution in [0, 0.1) is 5.92 Å². The van der Waals surface area contributed by atoms with Crippen LogP contribution in [0.25, 0.3) is 0 Å². The van der Waals surface area contributed by atoms with Gasteiger partial charge in [-0.15, -0.1) is 0 Å². The number of carbonyl (C=O) groups excluding carboxylic acids is 2. The Morgan fingerprint density at radius 3 is 2.25 bits per heavy atom. The zero-order chi connectivity index (χ0) is 20.9. The minimum absolute atomic E-state index is 0.0743. The van der Waals surface area contributed by atoms with Crippen molar-refractivity contribution in [2.45, 2.75) is 25.2 Å². The van der Waals surface area contributed by atoms with Gasteiger partial charge in [-0.25, -0.2) is 0 Å². The molecular weight excluding hydrogens is 392 g/mol. The maximum absolute atomic E-state index is 12.7. The molecule has 1 aromatic carbocycles. The van der Waals surface area contributed by atoms with Crippen LogP contribution < -0.4 is 10.6 Å². The molecule has 0 unspecified atom stereocenters. The highest BCUT2D eigenvalue weighted by atomic mass is 19.4. The van der Waals surface area contributed by atoms with Crippen LogP contribution in [0.3, 0.4) is 0 Å². The van der Waals surface area contributed by atoms with Gasteiger partial charge in [0.1, 0.15) is 0 Å². The molecule has 0 aliphatic carbocycles. The number of amides is 2. The number of carbonyl (C=O) groups is 2. The fraction of sp³-hybridized carbons (Fsp3) is 0.529. The molecule has 5 nitrogen and oxygen atoms in total. The van der Waals surface area contributed by atoms with Gasteiger partial charge in [-0.2, -0.15) is 26.3 Å². The number of nitrogens with zero attached hydrogens (tertiary/aromatic N) is 1. The van der Waals surface area contributed by atoms with Crippen molar-refractivity contribution in [1.82, 2.24) is 10.2 Å². The molecule has 0 radical (unpaired) electrons. The second kappa shape index (κ2) is 8.80. The first kappa shape index (κ1) is 22.0. The van der Waals surface area contributed by atoms with Crippen LogP contribution in [0.2, 0.25) is 0 Å². The summed E-state index contributed by atoms with van der Waals surface area (Å²) in [5.74, 6) is -2.21. The quantitative estimate of drug-likeness (QED) is 0.592. The van der Waals surface area contributed by atoms with Gasteiger partial charge in [0.05, 0.1) is 12.1 Å². The predicted octanol–water partition coefficient (Wildman–Crippen LogP) is 3.03. The average molecular weight is 411 g/mol. The summed E-state index contributed by atoms with van der Waals surface area (Å²) in [6.45, 7) is -0.410. The van der Waals surface area contributed by atoms with Crippen molar-refractivity contribution < 1.29 is 35.9 Å². The van der Waals surface area contributed by atoms with Crippen molar-refractivity contribution >= 4 is 17.5 Å². The Morgan fingerprint density at radius 1 is 1.04 bits per heavy atom. The van der Waals surface area contributed by atoms with Crippen molar-refractivity contribution in [3.63, 3.8) is 0 Å². The standard InChI is InChI=1S/C17H19F6N3O2/c18-16(19,20)10-26-6-4-11(5-7-26)9-24-14(27)15(28)25-13-3-1-2-12(8-13)17(21,22)23/h1-3,8,11H,4-7,9-10H2,(H,24,27)(H,25,28). The summed E-state index contributed by atoms with van der Waals surface area (Å²) in [6.07, 6.45) is -7.97. The van der Waals surface area contributed by atoms with Crippen LogP contribution in [0.5, 0.6) is 0 Å². The smallest absolute Gasteiger partial charge is 0.348 e. The molecule has 156 valence electrons. The molecule has 28 heavy (non-hydrogen) atoms. The minimum Gasteiger partial charge on any atom is -0.348 e. The highest BCUT2D eigenvalue weighted by Crippen LogP contribution is 2.30. The molecule has 1 heterocycles. The summed E-state index contributed by atoms with van der Waals surface area (Å²) in [4.78, 5) is 24.9. The molecule has 1 aliphatic rings. The monoisotopic (exact) mass is 411 g/mol. The number of nitrogens with one attached hydrogen (secondary N) is 2. The van der Waals surface area contributed by atoms with E-state index in [4.69, 9.17) is 0 Å². The number of anilines is 1. The van der Waals surface area contributed by atoms with Gasteiger partial charge in [0, 0.05) is 12.2 Å². The Bertz CT molecular complexity index is 697. The van der Waals surface area contributed by atoms with E-state index in [1.165, 1.54) is 11.0 Å². The van der Waals surface area contributed by atoms with Gasteiger partial charge in [0.2, 0.25) is 0 Å². The van der Waals surface area contributed by atoms with E-state index < -0.39 is 36.3 Å². The lowest BCUT2D eigenvalue weighted by Crippen LogP contribution is -2.44. The van der Waals surface area contributed by atoms with E-state index in [1.807, 2.05) is 0 Å². The molecule has 1 saturated heterocycles. The maximum atomic E-state index is 12.7. The SMILES string of the molecule is O=C(NCC1CCN(CC(F)(F)F)CC1)C(=O)Nc1cccc(C(F)(F)F)c1. The fourth-order valence-electron chi connectivity index (χ4n) is 2.88. The molecule has 0 atom stereocenters. The molecule has 0 saturated carbocycles. The Hall–Kier alpha value is -2.30. The molecule has 0 spiro atoms. The molecule has 1 fully saturated rings.